The lowest BCUT2D eigenvalue weighted by atomic mass is 10.1. The van der Waals surface area contributed by atoms with Gasteiger partial charge in [-0.3, -0.25) is 9.59 Å². The highest BCUT2D eigenvalue weighted by Gasteiger charge is 2.27. The van der Waals surface area contributed by atoms with Gasteiger partial charge in [0.05, 0.1) is 4.88 Å². The fraction of sp³-hybridized carbons (Fsp3) is 0.240. The van der Waals surface area contributed by atoms with E-state index in [1.54, 1.807) is 23.1 Å². The van der Waals surface area contributed by atoms with E-state index in [1.165, 1.54) is 29.2 Å². The highest BCUT2D eigenvalue weighted by Crippen LogP contribution is 2.36. The predicted octanol–water partition coefficient (Wildman–Crippen LogP) is 4.70. The number of carbonyl (C=O) groups excluding carboxylic acids is 2. The van der Waals surface area contributed by atoms with Gasteiger partial charge in [-0.2, -0.15) is 0 Å². The molecule has 0 fully saturated rings. The number of anilines is 1. The van der Waals surface area contributed by atoms with Gasteiger partial charge >= 0.3 is 5.97 Å². The molecule has 4 aromatic rings. The largest absolute Gasteiger partial charge is 0.444 e. The number of thiazole rings is 1. The van der Waals surface area contributed by atoms with E-state index in [-0.39, 0.29) is 12.4 Å². The molecule has 0 spiro atoms. The molecule has 2 aromatic carbocycles. The summed E-state index contributed by atoms with van der Waals surface area (Å²) in [6, 6.07) is 14.2. The molecule has 0 unspecified atom stereocenters. The summed E-state index contributed by atoms with van der Waals surface area (Å²) in [5.74, 6) is -1.36. The molecular weight excluding hydrogens is 455 g/mol. The first kappa shape index (κ1) is 23.4. The molecule has 4 rings (SSSR count). The van der Waals surface area contributed by atoms with E-state index in [4.69, 9.17) is 4.74 Å². The Bertz CT molecular complexity index is 1330. The maximum Gasteiger partial charge on any atom is 0.304 e. The molecule has 0 saturated carbocycles. The minimum atomic E-state index is -0.494. The van der Waals surface area contributed by atoms with Crippen molar-refractivity contribution in [2.75, 3.05) is 32.3 Å². The van der Waals surface area contributed by atoms with E-state index < -0.39 is 17.7 Å². The second kappa shape index (κ2) is 10.0. The average Bonchev–Trinajstić information content (AvgIpc) is 3.44. The Morgan fingerprint density at radius 3 is 2.59 bits per heavy atom. The van der Waals surface area contributed by atoms with Crippen LogP contribution in [0.5, 0.6) is 0 Å². The highest BCUT2D eigenvalue weighted by atomic mass is 32.1. The Balaban J connectivity index is 1.67. The van der Waals surface area contributed by atoms with Gasteiger partial charge in [0.1, 0.15) is 11.5 Å². The number of fused-ring (bicyclic) bond motifs is 1. The second-order valence-corrected chi connectivity index (χ2v) is 8.97. The number of aromatic amines is 1. The quantitative estimate of drug-likeness (QED) is 0.292. The number of aromatic nitrogens is 2. The number of H-pyrrole nitrogens is 1. The van der Waals surface area contributed by atoms with E-state index in [2.05, 4.69) is 9.97 Å². The molecule has 0 bridgehead atoms. The Morgan fingerprint density at radius 1 is 1.12 bits per heavy atom. The molecule has 9 heteroatoms. The van der Waals surface area contributed by atoms with Gasteiger partial charge in [0.15, 0.2) is 11.9 Å². The van der Waals surface area contributed by atoms with Crippen molar-refractivity contribution in [2.24, 2.45) is 0 Å². The van der Waals surface area contributed by atoms with Crippen LogP contribution in [0.15, 0.2) is 54.7 Å². The van der Waals surface area contributed by atoms with Crippen LogP contribution >= 0.6 is 11.3 Å². The van der Waals surface area contributed by atoms with E-state index >= 15 is 0 Å². The van der Waals surface area contributed by atoms with Gasteiger partial charge in [0, 0.05) is 50.2 Å². The number of para-hydroxylation sites is 1. The maximum atomic E-state index is 14.6. The lowest BCUT2D eigenvalue weighted by Crippen LogP contribution is -2.36. The Hall–Kier alpha value is -3.72. The smallest absolute Gasteiger partial charge is 0.304 e. The maximum absolute atomic E-state index is 14.6. The average molecular weight is 481 g/mol. The lowest BCUT2D eigenvalue weighted by molar-refractivity contribution is -0.144. The predicted molar refractivity (Wildman–Crippen MR) is 132 cm³/mol. The molecule has 2 aromatic heterocycles. The first-order chi connectivity index (χ1) is 16.3. The lowest BCUT2D eigenvalue weighted by Gasteiger charge is -2.21. The Labute approximate surface area is 200 Å². The van der Waals surface area contributed by atoms with Crippen LogP contribution in [-0.4, -0.2) is 54.1 Å². The summed E-state index contributed by atoms with van der Waals surface area (Å²) >= 11 is 1.24. The summed E-state index contributed by atoms with van der Waals surface area (Å²) in [5, 5.41) is 1.64. The normalized spacial score (nSPS) is 10.9. The van der Waals surface area contributed by atoms with Crippen LogP contribution in [0.25, 0.3) is 21.3 Å². The number of hydrogen-bond donors (Lipinski definition) is 1. The zero-order valence-corrected chi connectivity index (χ0v) is 20.0. The first-order valence-electron chi connectivity index (χ1n) is 10.8. The molecule has 0 aliphatic rings. The monoisotopic (exact) mass is 480 g/mol. The third-order valence-corrected chi connectivity index (χ3v) is 6.61. The molecule has 0 saturated heterocycles. The summed E-state index contributed by atoms with van der Waals surface area (Å²) in [4.78, 5) is 36.5. The molecule has 0 aliphatic heterocycles. The van der Waals surface area contributed by atoms with Gasteiger partial charge < -0.3 is 19.5 Å². The molecule has 0 atom stereocenters. The number of amides is 1. The molecule has 176 valence electrons. The van der Waals surface area contributed by atoms with Crippen molar-refractivity contribution in [3.05, 3.63) is 71.8 Å². The number of rotatable bonds is 8. The molecule has 0 radical (unpaired) electrons. The van der Waals surface area contributed by atoms with E-state index in [9.17, 15) is 14.0 Å². The number of ether oxygens (including phenoxy) is 1. The summed E-state index contributed by atoms with van der Waals surface area (Å²) in [5.41, 5.74) is 2.48. The zero-order valence-electron chi connectivity index (χ0n) is 19.2. The number of hydrogen-bond acceptors (Lipinski definition) is 6. The van der Waals surface area contributed by atoms with Crippen LogP contribution in [0.1, 0.15) is 23.0 Å². The van der Waals surface area contributed by atoms with Gasteiger partial charge in [-0.1, -0.05) is 47.7 Å². The van der Waals surface area contributed by atoms with Crippen LogP contribution in [0, 0.1) is 5.82 Å². The highest BCUT2D eigenvalue weighted by molar-refractivity contribution is 7.19. The van der Waals surface area contributed by atoms with Crippen molar-refractivity contribution in [3.63, 3.8) is 0 Å². The van der Waals surface area contributed by atoms with Crippen LogP contribution in [-0.2, 0) is 16.0 Å². The summed E-state index contributed by atoms with van der Waals surface area (Å²) in [6.07, 6.45) is 2.45. The van der Waals surface area contributed by atoms with Crippen molar-refractivity contribution in [1.29, 1.82) is 0 Å². The topological polar surface area (TPSA) is 78.5 Å². The van der Waals surface area contributed by atoms with Gasteiger partial charge in [0.2, 0.25) is 0 Å². The number of esters is 1. The Kier molecular flexibility index (Phi) is 6.93. The third-order valence-electron chi connectivity index (χ3n) is 5.36. The van der Waals surface area contributed by atoms with Crippen molar-refractivity contribution in [3.8, 4) is 10.4 Å². The number of nitrogens with zero attached hydrogens (tertiary/aromatic N) is 3. The number of carbonyl (C=O) groups is 2. The second-order valence-electron chi connectivity index (χ2n) is 7.99. The van der Waals surface area contributed by atoms with Crippen LogP contribution in [0.3, 0.4) is 0 Å². The standard InChI is InChI=1S/C25H25FN4O3S/c1-16(31)33-15-30(13-12-17-14-27-21-11-7-5-8-18(17)21)24(32)22-23(34-25(28-22)29(2)3)19-9-4-6-10-20(19)26/h4-11,14,27H,12-13,15H2,1-3H3. The molecule has 0 aliphatic carbocycles. The minimum absolute atomic E-state index is 0.130. The zero-order chi connectivity index (χ0) is 24.2. The van der Waals surface area contributed by atoms with Gasteiger partial charge in [-0.05, 0) is 24.1 Å². The van der Waals surface area contributed by atoms with Crippen molar-refractivity contribution in [1.82, 2.24) is 14.9 Å². The van der Waals surface area contributed by atoms with Crippen LogP contribution < -0.4 is 4.90 Å². The molecular formula is C25H25FN4O3S. The summed E-state index contributed by atoms with van der Waals surface area (Å²) < 4.78 is 19.8. The Morgan fingerprint density at radius 2 is 1.85 bits per heavy atom. The van der Waals surface area contributed by atoms with E-state index in [0.29, 0.717) is 28.5 Å². The van der Waals surface area contributed by atoms with Crippen molar-refractivity contribution in [2.45, 2.75) is 13.3 Å². The summed E-state index contributed by atoms with van der Waals surface area (Å²) in [6.45, 7) is 1.36. The van der Waals surface area contributed by atoms with Gasteiger partial charge in [-0.15, -0.1) is 0 Å². The minimum Gasteiger partial charge on any atom is -0.444 e. The fourth-order valence-electron chi connectivity index (χ4n) is 3.61. The molecule has 7 nitrogen and oxygen atoms in total. The number of benzene rings is 2. The summed E-state index contributed by atoms with van der Waals surface area (Å²) in [7, 11) is 3.62. The van der Waals surface area contributed by atoms with Gasteiger partial charge in [-0.25, -0.2) is 9.37 Å². The fourth-order valence-corrected chi connectivity index (χ4v) is 4.62. The van der Waals surface area contributed by atoms with Crippen molar-refractivity contribution < 1.29 is 18.7 Å². The van der Waals surface area contributed by atoms with Crippen LogP contribution in [0.4, 0.5) is 9.52 Å². The third kappa shape index (κ3) is 4.94. The molecule has 34 heavy (non-hydrogen) atoms. The molecule has 1 amide bonds. The van der Waals surface area contributed by atoms with E-state index in [1.807, 2.05) is 44.6 Å². The first-order valence-corrected chi connectivity index (χ1v) is 11.6. The van der Waals surface area contributed by atoms with Gasteiger partial charge in [0.25, 0.3) is 5.91 Å². The molecule has 1 N–H and O–H groups in total. The molecule has 2 heterocycles. The number of nitrogens with one attached hydrogen (secondary N) is 1. The van der Waals surface area contributed by atoms with E-state index in [0.717, 1.165) is 16.5 Å². The van der Waals surface area contributed by atoms with Crippen molar-refractivity contribution >= 4 is 39.2 Å². The number of halogens is 1. The van der Waals surface area contributed by atoms with Crippen LogP contribution in [0.2, 0.25) is 0 Å². The SMILES string of the molecule is CC(=O)OCN(CCc1c[nH]c2ccccc12)C(=O)c1nc(N(C)C)sc1-c1ccccc1F.